The lowest BCUT2D eigenvalue weighted by Crippen LogP contribution is -2.15. The Hall–Kier alpha value is 0.460. The Bertz CT molecular complexity index is 220. The van der Waals surface area contributed by atoms with Crippen molar-refractivity contribution < 1.29 is 13.6 Å². The highest BCUT2D eigenvalue weighted by atomic mass is 32.7. The van der Waals surface area contributed by atoms with E-state index in [2.05, 4.69) is 0 Å². The van der Waals surface area contributed by atoms with E-state index in [0.717, 1.165) is 12.3 Å². The molecule has 98 valence electrons. The minimum absolute atomic E-state index is 0.0866. The standard InChI is InChI=1S/C10H24NO3PS/c1-9(2)13-15(12,14-10(3)4)16-8-7-11(5)6/h9-10H,7-8H2,1-6H3. The van der Waals surface area contributed by atoms with Crippen LogP contribution in [0.15, 0.2) is 0 Å². The summed E-state index contributed by atoms with van der Waals surface area (Å²) in [6.45, 7) is 5.32. The maximum atomic E-state index is 12.3. The van der Waals surface area contributed by atoms with Gasteiger partial charge in [-0.25, -0.2) is 4.57 Å². The zero-order valence-corrected chi connectivity index (χ0v) is 12.8. The summed E-state index contributed by atoms with van der Waals surface area (Å²) < 4.78 is 23.1. The molecule has 0 radical (unpaired) electrons. The summed E-state index contributed by atoms with van der Waals surface area (Å²) in [6.07, 6.45) is -0.173. The topological polar surface area (TPSA) is 38.8 Å². The monoisotopic (exact) mass is 269 g/mol. The van der Waals surface area contributed by atoms with Gasteiger partial charge in [-0.3, -0.25) is 9.05 Å². The predicted molar refractivity (Wildman–Crippen MR) is 71.1 cm³/mol. The second kappa shape index (κ2) is 7.72. The van der Waals surface area contributed by atoms with Crippen molar-refractivity contribution in [3.05, 3.63) is 0 Å². The Morgan fingerprint density at radius 2 is 1.56 bits per heavy atom. The van der Waals surface area contributed by atoms with Crippen LogP contribution >= 0.6 is 18.2 Å². The van der Waals surface area contributed by atoms with Crippen molar-refractivity contribution in [3.63, 3.8) is 0 Å². The number of hydrogen-bond acceptors (Lipinski definition) is 5. The van der Waals surface area contributed by atoms with E-state index in [9.17, 15) is 4.57 Å². The van der Waals surface area contributed by atoms with Crippen molar-refractivity contribution in [3.8, 4) is 0 Å². The van der Waals surface area contributed by atoms with Gasteiger partial charge in [-0.1, -0.05) is 0 Å². The van der Waals surface area contributed by atoms with Gasteiger partial charge in [-0.05, 0) is 53.2 Å². The van der Waals surface area contributed by atoms with Crippen LogP contribution in [0, 0.1) is 0 Å². The van der Waals surface area contributed by atoms with Crippen LogP contribution in [0.4, 0.5) is 0 Å². The van der Waals surface area contributed by atoms with E-state index < -0.39 is 6.80 Å². The normalized spacial score (nSPS) is 13.1. The summed E-state index contributed by atoms with van der Waals surface area (Å²) in [5.74, 6) is 0.740. The van der Waals surface area contributed by atoms with Crippen molar-refractivity contribution in [1.29, 1.82) is 0 Å². The molecule has 0 rings (SSSR count). The van der Waals surface area contributed by atoms with Gasteiger partial charge in [-0.15, -0.1) is 0 Å². The first-order chi connectivity index (χ1) is 7.25. The van der Waals surface area contributed by atoms with Gasteiger partial charge in [0.2, 0.25) is 0 Å². The Labute approximate surface area is 103 Å². The second-order valence-electron chi connectivity index (χ2n) is 4.39. The van der Waals surface area contributed by atoms with E-state index in [1.807, 2.05) is 46.7 Å². The van der Waals surface area contributed by atoms with Crippen molar-refractivity contribution in [2.75, 3.05) is 26.4 Å². The highest BCUT2D eigenvalue weighted by molar-refractivity contribution is 8.55. The third-order valence-corrected chi connectivity index (χ3v) is 5.52. The van der Waals surface area contributed by atoms with Crippen molar-refractivity contribution >= 4 is 18.2 Å². The van der Waals surface area contributed by atoms with E-state index in [1.54, 1.807) is 0 Å². The number of hydrogen-bond donors (Lipinski definition) is 0. The van der Waals surface area contributed by atoms with Crippen molar-refractivity contribution in [2.24, 2.45) is 0 Å². The minimum Gasteiger partial charge on any atom is -0.309 e. The minimum atomic E-state index is -3.00. The van der Waals surface area contributed by atoms with E-state index in [1.165, 1.54) is 11.4 Å². The van der Waals surface area contributed by atoms with E-state index in [4.69, 9.17) is 9.05 Å². The van der Waals surface area contributed by atoms with Crippen LogP contribution < -0.4 is 0 Å². The molecule has 16 heavy (non-hydrogen) atoms. The third kappa shape index (κ3) is 8.59. The van der Waals surface area contributed by atoms with E-state index in [0.29, 0.717) is 0 Å². The molecular weight excluding hydrogens is 245 g/mol. The molecule has 0 saturated carbocycles. The highest BCUT2D eigenvalue weighted by Crippen LogP contribution is 2.61. The lowest BCUT2D eigenvalue weighted by atomic mass is 10.5. The first-order valence-electron chi connectivity index (χ1n) is 5.51. The lowest BCUT2D eigenvalue weighted by molar-refractivity contribution is 0.156. The molecule has 6 heteroatoms. The predicted octanol–water partition coefficient (Wildman–Crippen LogP) is 3.24. The van der Waals surface area contributed by atoms with Gasteiger partial charge in [-0.2, -0.15) is 0 Å². The molecule has 0 aliphatic heterocycles. The summed E-state index contributed by atoms with van der Waals surface area (Å²) in [6, 6.07) is 0. The second-order valence-corrected chi connectivity index (χ2v) is 8.49. The Morgan fingerprint density at radius 1 is 1.12 bits per heavy atom. The molecule has 0 amide bonds. The highest BCUT2D eigenvalue weighted by Gasteiger charge is 2.28. The first-order valence-corrected chi connectivity index (χ1v) is 8.64. The lowest BCUT2D eigenvalue weighted by Gasteiger charge is -2.22. The van der Waals surface area contributed by atoms with Crippen LogP contribution in [0.3, 0.4) is 0 Å². The third-order valence-electron chi connectivity index (χ3n) is 1.47. The molecule has 0 unspecified atom stereocenters. The van der Waals surface area contributed by atoms with E-state index >= 15 is 0 Å². The van der Waals surface area contributed by atoms with Gasteiger partial charge < -0.3 is 4.90 Å². The molecule has 0 fully saturated rings. The Morgan fingerprint density at radius 3 is 1.88 bits per heavy atom. The summed E-state index contributed by atoms with van der Waals surface area (Å²) in [4.78, 5) is 2.04. The van der Waals surface area contributed by atoms with Crippen LogP contribution in [0.2, 0.25) is 0 Å². The molecule has 0 atom stereocenters. The van der Waals surface area contributed by atoms with Crippen LogP contribution in [0.1, 0.15) is 27.7 Å². The summed E-state index contributed by atoms with van der Waals surface area (Å²) in [5, 5.41) is 0. The molecular formula is C10H24NO3PS. The van der Waals surface area contributed by atoms with Gasteiger partial charge >= 0.3 is 6.80 Å². The smallest absolute Gasteiger partial charge is 0.309 e. The molecule has 4 nitrogen and oxygen atoms in total. The van der Waals surface area contributed by atoms with Crippen molar-refractivity contribution in [2.45, 2.75) is 39.9 Å². The molecule has 0 aromatic heterocycles. The molecule has 0 N–H and O–H groups in total. The van der Waals surface area contributed by atoms with Crippen LogP contribution in [0.25, 0.3) is 0 Å². The van der Waals surface area contributed by atoms with Crippen LogP contribution in [-0.2, 0) is 13.6 Å². The fourth-order valence-corrected chi connectivity index (χ4v) is 5.13. The quantitative estimate of drug-likeness (QED) is 0.632. The van der Waals surface area contributed by atoms with Gasteiger partial charge in [0.15, 0.2) is 0 Å². The largest absolute Gasteiger partial charge is 0.389 e. The van der Waals surface area contributed by atoms with Gasteiger partial charge in [0.05, 0.1) is 12.2 Å². The SMILES string of the molecule is CC(C)OP(=O)(OC(C)C)SCCN(C)C. The van der Waals surface area contributed by atoms with Crippen LogP contribution in [-0.4, -0.2) is 43.5 Å². The fourth-order valence-electron chi connectivity index (χ4n) is 0.937. The molecule has 0 aliphatic rings. The Balaban J connectivity index is 4.25. The molecule has 0 aromatic carbocycles. The van der Waals surface area contributed by atoms with Gasteiger partial charge in [0, 0.05) is 12.3 Å². The molecule has 0 aromatic rings. The molecule has 0 aliphatic carbocycles. The summed E-state index contributed by atoms with van der Waals surface area (Å²) in [5.41, 5.74) is 0. The molecule has 0 bridgehead atoms. The molecule has 0 spiro atoms. The zero-order valence-electron chi connectivity index (χ0n) is 11.1. The first kappa shape index (κ1) is 16.5. The summed E-state index contributed by atoms with van der Waals surface area (Å²) >= 11 is 1.28. The number of nitrogens with zero attached hydrogens (tertiary/aromatic N) is 1. The average molecular weight is 269 g/mol. The summed E-state index contributed by atoms with van der Waals surface area (Å²) in [7, 11) is 3.97. The average Bonchev–Trinajstić information content (AvgIpc) is 1.98. The number of rotatable bonds is 8. The fraction of sp³-hybridized carbons (Fsp3) is 1.00. The van der Waals surface area contributed by atoms with Crippen molar-refractivity contribution in [1.82, 2.24) is 4.90 Å². The maximum Gasteiger partial charge on any atom is 0.389 e. The maximum absolute atomic E-state index is 12.3. The molecule has 0 heterocycles. The van der Waals surface area contributed by atoms with Crippen LogP contribution in [0.5, 0.6) is 0 Å². The van der Waals surface area contributed by atoms with Gasteiger partial charge in [0.25, 0.3) is 0 Å². The zero-order chi connectivity index (χ0) is 12.8. The van der Waals surface area contributed by atoms with E-state index in [-0.39, 0.29) is 12.2 Å². The van der Waals surface area contributed by atoms with Gasteiger partial charge in [0.1, 0.15) is 0 Å². The Kier molecular flexibility index (Phi) is 7.94. The molecule has 0 saturated heterocycles.